The number of ether oxygens (including phenoxy) is 1. The summed E-state index contributed by atoms with van der Waals surface area (Å²) in [6.07, 6.45) is 1.72. The summed E-state index contributed by atoms with van der Waals surface area (Å²) < 4.78 is 21.0. The van der Waals surface area contributed by atoms with E-state index in [0.717, 1.165) is 21.3 Å². The smallest absolute Gasteiger partial charge is 0.123 e. The second kappa shape index (κ2) is 7.13. The minimum absolute atomic E-state index is 0.265. The fraction of sp³-hybridized carbons (Fsp3) is 0.357. The van der Waals surface area contributed by atoms with Crippen LogP contribution in [-0.2, 0) is 11.3 Å². The van der Waals surface area contributed by atoms with Gasteiger partial charge in [-0.2, -0.15) is 5.10 Å². The zero-order valence-electron chi connectivity index (χ0n) is 11.9. The van der Waals surface area contributed by atoms with Gasteiger partial charge in [-0.1, -0.05) is 6.07 Å². The fourth-order valence-electron chi connectivity index (χ4n) is 2.29. The Morgan fingerprint density at radius 3 is 2.90 bits per heavy atom. The van der Waals surface area contributed by atoms with E-state index in [4.69, 9.17) is 10.6 Å². The van der Waals surface area contributed by atoms with Gasteiger partial charge >= 0.3 is 0 Å². The molecule has 3 N–H and O–H groups in total. The lowest BCUT2D eigenvalue weighted by atomic mass is 9.99. The van der Waals surface area contributed by atoms with Crippen molar-refractivity contribution in [3.8, 4) is 0 Å². The Morgan fingerprint density at radius 2 is 2.29 bits per heavy atom. The standard InChI is InChI=1S/C14H18BrFN4O/c1-9-7-10(16)3-4-11(9)13(19-17)14-12(15)8-18-20(14)5-6-21-2/h3-4,7-8,13,19H,5-6,17H2,1-2H3. The third-order valence-electron chi connectivity index (χ3n) is 3.32. The summed E-state index contributed by atoms with van der Waals surface area (Å²) in [5, 5.41) is 4.31. The minimum atomic E-state index is -0.292. The lowest BCUT2D eigenvalue weighted by molar-refractivity contribution is 0.182. The maximum Gasteiger partial charge on any atom is 0.123 e. The first-order valence-corrected chi connectivity index (χ1v) is 7.30. The topological polar surface area (TPSA) is 65.1 Å². The molecule has 0 spiro atoms. The van der Waals surface area contributed by atoms with Crippen LogP contribution < -0.4 is 11.3 Å². The predicted octanol–water partition coefficient (Wildman–Crippen LogP) is 2.29. The number of aryl methyl sites for hydroxylation is 1. The molecule has 2 aromatic rings. The van der Waals surface area contributed by atoms with E-state index in [-0.39, 0.29) is 11.9 Å². The van der Waals surface area contributed by atoms with Gasteiger partial charge in [-0.25, -0.2) is 9.82 Å². The van der Waals surface area contributed by atoms with Gasteiger partial charge in [-0.3, -0.25) is 10.5 Å². The van der Waals surface area contributed by atoms with Gasteiger partial charge in [0.05, 0.1) is 35.6 Å². The average molecular weight is 357 g/mol. The Balaban J connectivity index is 2.43. The molecular weight excluding hydrogens is 339 g/mol. The van der Waals surface area contributed by atoms with Crippen LogP contribution in [0.1, 0.15) is 22.9 Å². The molecule has 0 aliphatic rings. The van der Waals surface area contributed by atoms with E-state index in [9.17, 15) is 4.39 Å². The van der Waals surface area contributed by atoms with Crippen molar-refractivity contribution in [3.63, 3.8) is 0 Å². The summed E-state index contributed by atoms with van der Waals surface area (Å²) in [5.41, 5.74) is 5.39. The number of hydrogen-bond acceptors (Lipinski definition) is 4. The maximum atomic E-state index is 13.3. The van der Waals surface area contributed by atoms with E-state index in [1.807, 2.05) is 11.6 Å². The molecule has 1 unspecified atom stereocenters. The molecule has 0 saturated heterocycles. The summed E-state index contributed by atoms with van der Waals surface area (Å²) in [6, 6.07) is 4.36. The van der Waals surface area contributed by atoms with Crippen LogP contribution in [-0.4, -0.2) is 23.5 Å². The van der Waals surface area contributed by atoms with Crippen LogP contribution in [0.3, 0.4) is 0 Å². The number of hydrazine groups is 1. The molecule has 0 radical (unpaired) electrons. The van der Waals surface area contributed by atoms with Crippen molar-refractivity contribution in [2.24, 2.45) is 5.84 Å². The third kappa shape index (κ3) is 3.49. The van der Waals surface area contributed by atoms with Crippen molar-refractivity contribution in [1.82, 2.24) is 15.2 Å². The third-order valence-corrected chi connectivity index (χ3v) is 3.93. The normalized spacial score (nSPS) is 12.6. The summed E-state index contributed by atoms with van der Waals surface area (Å²) in [5.74, 6) is 5.47. The highest BCUT2D eigenvalue weighted by Gasteiger charge is 2.22. The van der Waals surface area contributed by atoms with Gasteiger partial charge in [0.25, 0.3) is 0 Å². The van der Waals surface area contributed by atoms with Crippen LogP contribution in [0.5, 0.6) is 0 Å². The van der Waals surface area contributed by atoms with E-state index in [0.29, 0.717) is 13.2 Å². The van der Waals surface area contributed by atoms with Gasteiger partial charge in [0.15, 0.2) is 0 Å². The Hall–Kier alpha value is -1.28. The van der Waals surface area contributed by atoms with Gasteiger partial charge in [0.2, 0.25) is 0 Å². The molecular formula is C14H18BrFN4O. The predicted molar refractivity (Wildman–Crippen MR) is 82.1 cm³/mol. The molecule has 2 rings (SSSR count). The number of methoxy groups -OCH3 is 1. The Kier molecular flexibility index (Phi) is 5.46. The molecule has 1 atom stereocenters. The average Bonchev–Trinajstić information content (AvgIpc) is 2.81. The van der Waals surface area contributed by atoms with E-state index in [1.165, 1.54) is 12.1 Å². The van der Waals surface area contributed by atoms with Crippen LogP contribution in [0.25, 0.3) is 0 Å². The summed E-state index contributed by atoms with van der Waals surface area (Å²) in [6.45, 7) is 3.00. The number of aromatic nitrogens is 2. The zero-order chi connectivity index (χ0) is 15.4. The van der Waals surface area contributed by atoms with Crippen LogP contribution in [0.15, 0.2) is 28.9 Å². The molecule has 0 aliphatic heterocycles. The summed E-state index contributed by atoms with van der Waals surface area (Å²) in [4.78, 5) is 0. The lowest BCUT2D eigenvalue weighted by Gasteiger charge is -2.21. The Labute approximate surface area is 131 Å². The van der Waals surface area contributed by atoms with Crippen LogP contribution in [0.4, 0.5) is 4.39 Å². The van der Waals surface area contributed by atoms with Crippen molar-refractivity contribution in [1.29, 1.82) is 0 Å². The van der Waals surface area contributed by atoms with E-state index in [2.05, 4.69) is 26.5 Å². The molecule has 1 aromatic heterocycles. The monoisotopic (exact) mass is 356 g/mol. The number of nitrogens with two attached hydrogens (primary N) is 1. The molecule has 0 aliphatic carbocycles. The molecule has 1 heterocycles. The molecule has 5 nitrogen and oxygen atoms in total. The van der Waals surface area contributed by atoms with Crippen molar-refractivity contribution >= 4 is 15.9 Å². The first kappa shape index (κ1) is 16.1. The van der Waals surface area contributed by atoms with Crippen LogP contribution in [0.2, 0.25) is 0 Å². The van der Waals surface area contributed by atoms with E-state index in [1.54, 1.807) is 19.4 Å². The zero-order valence-corrected chi connectivity index (χ0v) is 13.5. The second-order valence-electron chi connectivity index (χ2n) is 4.69. The quantitative estimate of drug-likeness (QED) is 0.615. The number of rotatable bonds is 6. The van der Waals surface area contributed by atoms with Crippen molar-refractivity contribution in [3.05, 3.63) is 51.5 Å². The van der Waals surface area contributed by atoms with E-state index >= 15 is 0 Å². The molecule has 0 bridgehead atoms. The second-order valence-corrected chi connectivity index (χ2v) is 5.55. The van der Waals surface area contributed by atoms with Crippen molar-refractivity contribution in [2.75, 3.05) is 13.7 Å². The summed E-state index contributed by atoms with van der Waals surface area (Å²) in [7, 11) is 1.64. The molecule has 0 amide bonds. The number of nitrogens with one attached hydrogen (secondary N) is 1. The highest BCUT2D eigenvalue weighted by Crippen LogP contribution is 2.30. The fourth-order valence-corrected chi connectivity index (χ4v) is 2.82. The first-order valence-electron chi connectivity index (χ1n) is 6.50. The van der Waals surface area contributed by atoms with Crippen LogP contribution >= 0.6 is 15.9 Å². The lowest BCUT2D eigenvalue weighted by Crippen LogP contribution is -2.32. The SMILES string of the molecule is COCCn1ncc(Br)c1C(NN)c1ccc(F)cc1C. The van der Waals surface area contributed by atoms with Crippen molar-refractivity contribution < 1.29 is 9.13 Å². The van der Waals surface area contributed by atoms with Gasteiger partial charge in [-0.05, 0) is 46.1 Å². The highest BCUT2D eigenvalue weighted by atomic mass is 79.9. The molecule has 114 valence electrons. The van der Waals surface area contributed by atoms with Crippen LogP contribution in [0, 0.1) is 12.7 Å². The largest absolute Gasteiger partial charge is 0.383 e. The maximum absolute atomic E-state index is 13.3. The highest BCUT2D eigenvalue weighted by molar-refractivity contribution is 9.10. The Bertz CT molecular complexity index is 617. The number of nitrogens with zero attached hydrogens (tertiary/aromatic N) is 2. The van der Waals surface area contributed by atoms with Gasteiger partial charge in [0, 0.05) is 7.11 Å². The number of halogens is 2. The van der Waals surface area contributed by atoms with E-state index < -0.39 is 0 Å². The summed E-state index contributed by atoms with van der Waals surface area (Å²) >= 11 is 3.49. The molecule has 7 heteroatoms. The Morgan fingerprint density at radius 1 is 1.52 bits per heavy atom. The minimum Gasteiger partial charge on any atom is -0.383 e. The number of hydrogen-bond donors (Lipinski definition) is 2. The van der Waals surface area contributed by atoms with Gasteiger partial charge in [-0.15, -0.1) is 0 Å². The van der Waals surface area contributed by atoms with Gasteiger partial charge in [0.1, 0.15) is 5.82 Å². The molecule has 0 fully saturated rings. The van der Waals surface area contributed by atoms with Gasteiger partial charge < -0.3 is 4.74 Å². The molecule has 21 heavy (non-hydrogen) atoms. The number of benzene rings is 1. The molecule has 1 aromatic carbocycles. The van der Waals surface area contributed by atoms with Crippen molar-refractivity contribution in [2.45, 2.75) is 19.5 Å². The first-order chi connectivity index (χ1) is 10.1. The molecule has 0 saturated carbocycles.